The number of benzene rings is 8. The SMILES string of the molecule is O=Cc1cc([Si](c2ccccc2)(c2ccccc2)c2ccccc2)cc2c1oc1ccc([Si](c3ccccc3)(c3ccccc3)c3ccccc3)cc12. The minimum Gasteiger partial charge on any atom is -0.455 e. The summed E-state index contributed by atoms with van der Waals surface area (Å²) in [4.78, 5) is 13.1. The summed E-state index contributed by atoms with van der Waals surface area (Å²) in [6.45, 7) is 0. The molecule has 0 radical (unpaired) electrons. The van der Waals surface area contributed by atoms with E-state index >= 15 is 0 Å². The van der Waals surface area contributed by atoms with Crippen molar-refractivity contribution in [3.8, 4) is 0 Å². The maximum atomic E-state index is 13.1. The molecule has 0 aliphatic heterocycles. The van der Waals surface area contributed by atoms with Gasteiger partial charge in [-0.1, -0.05) is 200 Å². The fourth-order valence-electron chi connectivity index (χ4n) is 8.57. The average molecular weight is 713 g/mol. The first-order valence-corrected chi connectivity index (χ1v) is 22.0. The summed E-state index contributed by atoms with van der Waals surface area (Å²) in [6.07, 6.45) is 0.965. The predicted octanol–water partition coefficient (Wildman–Crippen LogP) is 6.15. The average Bonchev–Trinajstić information content (AvgIpc) is 3.62. The lowest BCUT2D eigenvalue weighted by Gasteiger charge is -2.35. The number of hydrogen-bond donors (Lipinski definition) is 0. The van der Waals surface area contributed by atoms with Crippen LogP contribution in [0.4, 0.5) is 0 Å². The molecule has 9 aromatic rings. The Bertz CT molecular complexity index is 2470. The molecule has 0 aliphatic carbocycles. The third-order valence-electron chi connectivity index (χ3n) is 10.8. The molecule has 252 valence electrons. The third-order valence-corrected chi connectivity index (χ3v) is 20.4. The Hall–Kier alpha value is -6.34. The molecular formula is C49H36O2Si2. The van der Waals surface area contributed by atoms with Crippen LogP contribution in [0, 0.1) is 0 Å². The van der Waals surface area contributed by atoms with Gasteiger partial charge in [-0.05, 0) is 53.6 Å². The Morgan fingerprint density at radius 3 is 1.04 bits per heavy atom. The van der Waals surface area contributed by atoms with Crippen molar-refractivity contribution in [3.05, 3.63) is 218 Å². The smallest absolute Gasteiger partial charge is 0.179 e. The molecule has 9 rings (SSSR count). The van der Waals surface area contributed by atoms with Gasteiger partial charge in [-0.3, -0.25) is 4.79 Å². The predicted molar refractivity (Wildman–Crippen MR) is 226 cm³/mol. The van der Waals surface area contributed by atoms with E-state index in [1.165, 1.54) is 36.3 Å². The molecule has 0 saturated heterocycles. The molecule has 0 amide bonds. The highest BCUT2D eigenvalue weighted by Crippen LogP contribution is 2.31. The van der Waals surface area contributed by atoms with Crippen molar-refractivity contribution in [2.24, 2.45) is 0 Å². The Kier molecular flexibility index (Phi) is 8.39. The molecule has 4 heteroatoms. The lowest BCUT2D eigenvalue weighted by atomic mass is 10.1. The standard InChI is InChI=1S/C49H36O2Si2/c50-36-37-33-45(53(41-25-13-4-14-26-41,42-27-15-5-16-28-42)43-29-17-6-18-30-43)35-47-46-34-44(31-32-48(46)51-49(37)47)52(38-19-7-1-8-20-38,39-21-9-2-10-22-39)40-23-11-3-12-24-40/h1-36H. The van der Waals surface area contributed by atoms with Gasteiger partial charge in [0.2, 0.25) is 0 Å². The summed E-state index contributed by atoms with van der Waals surface area (Å²) < 4.78 is 6.64. The van der Waals surface area contributed by atoms with Gasteiger partial charge in [-0.25, -0.2) is 0 Å². The van der Waals surface area contributed by atoms with E-state index in [9.17, 15) is 4.79 Å². The number of fused-ring (bicyclic) bond motifs is 3. The van der Waals surface area contributed by atoms with Crippen LogP contribution in [-0.2, 0) is 0 Å². The second-order valence-corrected chi connectivity index (χ2v) is 21.2. The van der Waals surface area contributed by atoms with Crippen LogP contribution < -0.4 is 41.5 Å². The van der Waals surface area contributed by atoms with Crippen molar-refractivity contribution in [1.29, 1.82) is 0 Å². The first kappa shape index (κ1) is 32.6. The highest BCUT2D eigenvalue weighted by atomic mass is 28.3. The van der Waals surface area contributed by atoms with Gasteiger partial charge in [0.05, 0.1) is 5.56 Å². The van der Waals surface area contributed by atoms with Gasteiger partial charge >= 0.3 is 0 Å². The molecule has 1 aromatic heterocycles. The lowest BCUT2D eigenvalue weighted by molar-refractivity contribution is 0.112. The number of carbonyl (C=O) groups is 1. The van der Waals surface area contributed by atoms with Crippen LogP contribution in [0.3, 0.4) is 0 Å². The van der Waals surface area contributed by atoms with Crippen LogP contribution in [0.25, 0.3) is 21.9 Å². The van der Waals surface area contributed by atoms with E-state index in [0.717, 1.165) is 27.8 Å². The number of hydrogen-bond acceptors (Lipinski definition) is 2. The summed E-state index contributed by atoms with van der Waals surface area (Å²) in [5, 5.41) is 12.1. The molecule has 0 saturated carbocycles. The van der Waals surface area contributed by atoms with Crippen LogP contribution >= 0.6 is 0 Å². The fraction of sp³-hybridized carbons (Fsp3) is 0. The Labute approximate surface area is 311 Å². The summed E-state index contributed by atoms with van der Waals surface area (Å²) >= 11 is 0. The van der Waals surface area contributed by atoms with E-state index in [1.54, 1.807) is 0 Å². The van der Waals surface area contributed by atoms with Crippen molar-refractivity contribution in [2.45, 2.75) is 0 Å². The van der Waals surface area contributed by atoms with E-state index < -0.39 is 16.1 Å². The van der Waals surface area contributed by atoms with E-state index in [1.807, 2.05) is 0 Å². The normalized spacial score (nSPS) is 11.8. The Balaban J connectivity index is 1.39. The zero-order valence-corrected chi connectivity index (χ0v) is 31.1. The van der Waals surface area contributed by atoms with Crippen molar-refractivity contribution in [3.63, 3.8) is 0 Å². The summed E-state index contributed by atoms with van der Waals surface area (Å²) in [7, 11) is -5.74. The van der Waals surface area contributed by atoms with Gasteiger partial charge in [-0.2, -0.15) is 0 Å². The fourth-order valence-corrected chi connectivity index (χ4v) is 18.2. The lowest BCUT2D eigenvalue weighted by Crippen LogP contribution is -2.74. The zero-order valence-electron chi connectivity index (χ0n) is 29.1. The molecule has 0 atom stereocenters. The van der Waals surface area contributed by atoms with Crippen molar-refractivity contribution >= 4 is 85.9 Å². The van der Waals surface area contributed by atoms with Crippen molar-refractivity contribution < 1.29 is 9.21 Å². The van der Waals surface area contributed by atoms with E-state index in [-0.39, 0.29) is 0 Å². The van der Waals surface area contributed by atoms with Crippen LogP contribution in [-0.4, -0.2) is 22.4 Å². The molecule has 0 unspecified atom stereocenters. The topological polar surface area (TPSA) is 30.2 Å². The highest BCUT2D eigenvalue weighted by Gasteiger charge is 2.43. The maximum absolute atomic E-state index is 13.1. The Morgan fingerprint density at radius 2 is 0.679 bits per heavy atom. The van der Waals surface area contributed by atoms with Crippen LogP contribution in [0.2, 0.25) is 0 Å². The molecule has 8 aromatic carbocycles. The van der Waals surface area contributed by atoms with Crippen LogP contribution in [0.5, 0.6) is 0 Å². The first-order valence-electron chi connectivity index (χ1n) is 18.0. The summed E-state index contributed by atoms with van der Waals surface area (Å²) in [5.74, 6) is 0. The molecule has 0 fully saturated rings. The zero-order chi connectivity index (χ0) is 35.7. The van der Waals surface area contributed by atoms with E-state index in [0.29, 0.717) is 11.1 Å². The molecule has 2 nitrogen and oxygen atoms in total. The molecule has 53 heavy (non-hydrogen) atoms. The first-order chi connectivity index (χ1) is 26.2. The van der Waals surface area contributed by atoms with Gasteiger partial charge in [-0.15, -0.1) is 0 Å². The van der Waals surface area contributed by atoms with Gasteiger partial charge in [0, 0.05) is 10.8 Å². The molecule has 0 bridgehead atoms. The quantitative estimate of drug-likeness (QED) is 0.102. The highest BCUT2D eigenvalue weighted by molar-refractivity contribution is 7.20. The number of rotatable bonds is 9. The van der Waals surface area contributed by atoms with Crippen molar-refractivity contribution in [2.75, 3.05) is 0 Å². The molecule has 1 heterocycles. The van der Waals surface area contributed by atoms with Gasteiger partial charge in [0.15, 0.2) is 22.4 Å². The second kappa shape index (κ2) is 13.7. The second-order valence-electron chi connectivity index (χ2n) is 13.6. The summed E-state index contributed by atoms with van der Waals surface area (Å²) in [6, 6.07) is 76.5. The minimum absolute atomic E-state index is 0.563. The van der Waals surface area contributed by atoms with Crippen LogP contribution in [0.1, 0.15) is 10.4 Å². The number of furan rings is 1. The van der Waals surface area contributed by atoms with Crippen LogP contribution in [0.15, 0.2) is 217 Å². The molecule has 0 aliphatic rings. The monoisotopic (exact) mass is 712 g/mol. The largest absolute Gasteiger partial charge is 0.455 e. The van der Waals surface area contributed by atoms with Crippen molar-refractivity contribution in [1.82, 2.24) is 0 Å². The molecular weight excluding hydrogens is 677 g/mol. The van der Waals surface area contributed by atoms with Gasteiger partial charge < -0.3 is 4.42 Å². The molecule has 0 N–H and O–H groups in total. The molecule has 0 spiro atoms. The minimum atomic E-state index is -2.93. The maximum Gasteiger partial charge on any atom is 0.179 e. The number of carbonyl (C=O) groups excluding carboxylic acids is 1. The summed E-state index contributed by atoms with van der Waals surface area (Å²) in [5.41, 5.74) is 1.96. The van der Waals surface area contributed by atoms with E-state index in [2.05, 4.69) is 212 Å². The van der Waals surface area contributed by atoms with E-state index in [4.69, 9.17) is 4.42 Å². The number of aldehydes is 1. The third kappa shape index (κ3) is 5.26. The van der Waals surface area contributed by atoms with Gasteiger partial charge in [0.25, 0.3) is 0 Å². The Morgan fingerprint density at radius 1 is 0.340 bits per heavy atom. The van der Waals surface area contributed by atoms with Gasteiger partial charge in [0.1, 0.15) is 11.2 Å².